The van der Waals surface area contributed by atoms with Gasteiger partial charge in [-0.3, -0.25) is 0 Å². The van der Waals surface area contributed by atoms with Crippen LogP contribution in [-0.4, -0.2) is 44.7 Å². The fraction of sp³-hybridized carbons (Fsp3) is 0.600. The van der Waals surface area contributed by atoms with E-state index in [4.69, 9.17) is 0 Å². The van der Waals surface area contributed by atoms with Crippen LogP contribution in [0.2, 0.25) is 0 Å². The Balaban J connectivity index is 1.23. The van der Waals surface area contributed by atoms with Crippen molar-refractivity contribution in [3.05, 3.63) is 47.5 Å². The van der Waals surface area contributed by atoms with Crippen LogP contribution in [0.4, 0.5) is 0 Å². The van der Waals surface area contributed by atoms with Crippen molar-refractivity contribution in [3.8, 4) is 11.5 Å². The summed E-state index contributed by atoms with van der Waals surface area (Å²) in [6, 6.07) is 11.4. The monoisotopic (exact) mass is 630 g/mol. The van der Waals surface area contributed by atoms with Crippen molar-refractivity contribution in [2.24, 2.45) is 0 Å². The van der Waals surface area contributed by atoms with E-state index in [0.29, 0.717) is 9.79 Å². The van der Waals surface area contributed by atoms with Crippen LogP contribution < -0.4 is 0 Å². The van der Waals surface area contributed by atoms with Crippen molar-refractivity contribution >= 4 is 70.4 Å². The van der Waals surface area contributed by atoms with Gasteiger partial charge < -0.3 is 10.2 Å². The smallest absolute Gasteiger partial charge is 0.128 e. The molecule has 0 radical (unpaired) electrons. The van der Waals surface area contributed by atoms with Gasteiger partial charge in [0, 0.05) is 21.3 Å². The highest BCUT2D eigenvalue weighted by Crippen LogP contribution is 2.26. The first-order valence-electron chi connectivity index (χ1n) is 14.0. The van der Waals surface area contributed by atoms with E-state index in [0.717, 1.165) is 12.8 Å². The molecule has 0 saturated heterocycles. The molecule has 8 heteroatoms. The Morgan fingerprint density at radius 3 is 1.24 bits per heavy atom. The molecule has 214 valence electrons. The zero-order chi connectivity index (χ0) is 27.3. The van der Waals surface area contributed by atoms with Crippen LogP contribution in [0.5, 0.6) is 11.5 Å². The summed E-state index contributed by atoms with van der Waals surface area (Å²) in [5.74, 6) is 8.13. The molecule has 0 fully saturated rings. The van der Waals surface area contributed by atoms with E-state index in [1.165, 1.54) is 110 Å². The molecule has 0 saturated carbocycles. The van der Waals surface area contributed by atoms with E-state index < -0.39 is 0 Å². The van der Waals surface area contributed by atoms with Gasteiger partial charge in [0.1, 0.15) is 11.5 Å². The maximum absolute atomic E-state index is 9.53. The Bertz CT molecular complexity index is 808. The molecule has 0 heterocycles. The average Bonchev–Trinajstić information content (AvgIpc) is 2.91. The number of phenols is 2. The quantitative estimate of drug-likeness (QED) is 0.0556. The van der Waals surface area contributed by atoms with Gasteiger partial charge in [0.2, 0.25) is 0 Å². The van der Waals surface area contributed by atoms with Crippen LogP contribution in [-0.2, 0) is 12.8 Å². The number of thioether (sulfide) groups is 2. The van der Waals surface area contributed by atoms with E-state index in [1.54, 1.807) is 12.1 Å². The fourth-order valence-corrected chi connectivity index (χ4v) is 8.66. The third-order valence-electron chi connectivity index (χ3n) is 6.20. The Labute approximate surface area is 259 Å². The summed E-state index contributed by atoms with van der Waals surface area (Å²) in [7, 11) is 4.15. The SMILES string of the molecule is Oc1ccc(CCCSCCCCCCSSCCCCCCSCCCc2ccc(O)c(S)c2)cc1S. The first kappa shape index (κ1) is 34.3. The molecule has 0 bridgehead atoms. The topological polar surface area (TPSA) is 40.5 Å². The van der Waals surface area contributed by atoms with Gasteiger partial charge >= 0.3 is 0 Å². The van der Waals surface area contributed by atoms with Crippen molar-refractivity contribution in [2.75, 3.05) is 34.5 Å². The molecule has 0 atom stereocenters. The molecule has 0 aromatic heterocycles. The number of aryl methyl sites for hydroxylation is 2. The summed E-state index contributed by atoms with van der Waals surface area (Å²) in [6.45, 7) is 0. The molecule has 2 rings (SSSR count). The lowest BCUT2D eigenvalue weighted by Crippen LogP contribution is -1.90. The van der Waals surface area contributed by atoms with Crippen molar-refractivity contribution in [1.82, 2.24) is 0 Å². The Morgan fingerprint density at radius 2 is 0.842 bits per heavy atom. The van der Waals surface area contributed by atoms with Crippen LogP contribution in [0.1, 0.15) is 75.3 Å². The van der Waals surface area contributed by atoms with Crippen LogP contribution in [0.25, 0.3) is 0 Å². The van der Waals surface area contributed by atoms with Gasteiger partial charge in [-0.1, -0.05) is 59.4 Å². The normalized spacial score (nSPS) is 11.3. The summed E-state index contributed by atoms with van der Waals surface area (Å²) in [5.41, 5.74) is 2.53. The van der Waals surface area contributed by atoms with Crippen LogP contribution in [0.3, 0.4) is 0 Å². The minimum Gasteiger partial charge on any atom is -0.507 e. The third-order valence-corrected chi connectivity index (χ3v) is 11.8. The summed E-state index contributed by atoms with van der Waals surface area (Å²) in [6.07, 6.45) is 15.4. The molecule has 2 nitrogen and oxygen atoms in total. The Hall–Kier alpha value is 0.140. The summed E-state index contributed by atoms with van der Waals surface area (Å²) in [4.78, 5) is 1.35. The zero-order valence-corrected chi connectivity index (χ0v) is 27.7. The standard InChI is InChI=1S/C30H46O2S6/c31-27-15-13-25(23-29(27)33)11-9-19-35-17-5-1-3-7-21-37-38-22-8-4-2-6-18-36-20-10-12-26-14-16-28(32)30(34)24-26/h13-16,23-24,31-34H,1-12,17-22H2. The zero-order valence-electron chi connectivity index (χ0n) is 22.6. The van der Waals surface area contributed by atoms with Crippen molar-refractivity contribution in [1.29, 1.82) is 0 Å². The molecule has 0 spiro atoms. The number of unbranched alkanes of at least 4 members (excludes halogenated alkanes) is 6. The Morgan fingerprint density at radius 1 is 0.474 bits per heavy atom. The third kappa shape index (κ3) is 17.1. The predicted octanol–water partition coefficient (Wildman–Crippen LogP) is 10.2. The molecule has 2 N–H and O–H groups in total. The molecule has 38 heavy (non-hydrogen) atoms. The summed E-state index contributed by atoms with van der Waals surface area (Å²) < 4.78 is 0. The summed E-state index contributed by atoms with van der Waals surface area (Å²) >= 11 is 12.7. The van der Waals surface area contributed by atoms with E-state index in [9.17, 15) is 10.2 Å². The minimum atomic E-state index is 0.268. The van der Waals surface area contributed by atoms with E-state index in [1.807, 2.05) is 24.3 Å². The molecule has 2 aromatic carbocycles. The molecule has 0 aliphatic rings. The van der Waals surface area contributed by atoms with Gasteiger partial charge in [0.15, 0.2) is 0 Å². The van der Waals surface area contributed by atoms with Gasteiger partial charge in [-0.15, -0.1) is 25.3 Å². The number of rotatable bonds is 23. The van der Waals surface area contributed by atoms with Crippen LogP contribution >= 0.6 is 70.4 Å². The maximum atomic E-state index is 9.53. The van der Waals surface area contributed by atoms with Gasteiger partial charge in [0.05, 0.1) is 0 Å². The summed E-state index contributed by atoms with van der Waals surface area (Å²) in [5, 5.41) is 19.1. The van der Waals surface area contributed by atoms with Crippen LogP contribution in [0.15, 0.2) is 46.2 Å². The molecular formula is C30H46O2S6. The van der Waals surface area contributed by atoms with E-state index >= 15 is 0 Å². The number of thiol groups is 2. The highest BCUT2D eigenvalue weighted by Gasteiger charge is 2.01. The second-order valence-electron chi connectivity index (χ2n) is 9.55. The van der Waals surface area contributed by atoms with Gasteiger partial charge in [-0.25, -0.2) is 0 Å². The molecule has 0 unspecified atom stereocenters. The Kier molecular flexibility index (Phi) is 20.6. The molecule has 2 aromatic rings. The molecule has 0 aliphatic heterocycles. The lowest BCUT2D eigenvalue weighted by atomic mass is 10.1. The number of hydrogen-bond donors (Lipinski definition) is 4. The van der Waals surface area contributed by atoms with E-state index in [-0.39, 0.29) is 11.5 Å². The van der Waals surface area contributed by atoms with Gasteiger partial charge in [-0.2, -0.15) is 23.5 Å². The van der Waals surface area contributed by atoms with Crippen molar-refractivity contribution in [3.63, 3.8) is 0 Å². The van der Waals surface area contributed by atoms with Crippen molar-refractivity contribution in [2.45, 2.75) is 86.8 Å². The second kappa shape index (κ2) is 22.8. The highest BCUT2D eigenvalue weighted by atomic mass is 33.1. The second-order valence-corrected chi connectivity index (χ2v) is 15.7. The van der Waals surface area contributed by atoms with Gasteiger partial charge in [0.25, 0.3) is 0 Å². The number of phenolic OH excluding ortho intramolecular Hbond substituents is 2. The number of benzene rings is 2. The van der Waals surface area contributed by atoms with Gasteiger partial charge in [-0.05, 0) is 110 Å². The first-order valence-corrected chi connectivity index (χ1v) is 19.7. The molecule has 0 amide bonds. The van der Waals surface area contributed by atoms with E-state index in [2.05, 4.69) is 70.4 Å². The minimum absolute atomic E-state index is 0.268. The number of hydrogen-bond acceptors (Lipinski definition) is 8. The highest BCUT2D eigenvalue weighted by molar-refractivity contribution is 8.76. The molecule has 0 aliphatic carbocycles. The lowest BCUT2D eigenvalue weighted by molar-refractivity contribution is 0.462. The molecular weight excluding hydrogens is 585 g/mol. The fourth-order valence-electron chi connectivity index (χ4n) is 3.97. The predicted molar refractivity (Wildman–Crippen MR) is 184 cm³/mol. The van der Waals surface area contributed by atoms with Crippen LogP contribution in [0, 0.1) is 0 Å². The number of aromatic hydroxyl groups is 2. The average molecular weight is 631 g/mol. The first-order chi connectivity index (χ1) is 18.6. The maximum Gasteiger partial charge on any atom is 0.128 e. The van der Waals surface area contributed by atoms with Crippen molar-refractivity contribution < 1.29 is 10.2 Å². The largest absolute Gasteiger partial charge is 0.507 e. The lowest BCUT2D eigenvalue weighted by Gasteiger charge is -2.05.